The Labute approximate surface area is 124 Å². The van der Waals surface area contributed by atoms with Crippen LogP contribution in [0.15, 0.2) is 0 Å². The number of carboxylic acids is 1. The number of piperidine rings is 3. The molecule has 0 aromatic carbocycles. The van der Waals surface area contributed by atoms with Gasteiger partial charge in [-0.15, -0.1) is 0 Å². The second-order valence-electron chi connectivity index (χ2n) is 6.29. The quantitative estimate of drug-likeness (QED) is 0.764. The molecule has 0 radical (unpaired) electrons. The highest BCUT2D eigenvalue weighted by molar-refractivity contribution is 5.83. The number of urea groups is 1. The number of carbonyl (C=O) groups excluding carboxylic acids is 1. The maximum atomic E-state index is 12.4. The molecule has 2 N–H and O–H groups in total. The molecule has 0 aromatic rings. The number of nitrogens with zero attached hydrogens (tertiary/aromatic N) is 2. The van der Waals surface area contributed by atoms with Gasteiger partial charge < -0.3 is 25.0 Å². The van der Waals surface area contributed by atoms with Crippen molar-refractivity contribution in [1.82, 2.24) is 15.1 Å². The summed E-state index contributed by atoms with van der Waals surface area (Å²) in [5.74, 6) is -0.429. The van der Waals surface area contributed by atoms with E-state index in [1.807, 2.05) is 0 Å². The molecule has 4 rings (SSSR count). The molecule has 0 aliphatic carbocycles. The number of carbonyl (C=O) groups is 2. The highest BCUT2D eigenvalue weighted by atomic mass is 16.5. The van der Waals surface area contributed by atoms with Crippen LogP contribution in [-0.4, -0.2) is 78.4 Å². The van der Waals surface area contributed by atoms with Crippen LogP contribution in [-0.2, 0) is 9.53 Å². The van der Waals surface area contributed by atoms with E-state index in [-0.39, 0.29) is 18.2 Å². The predicted molar refractivity (Wildman–Crippen MR) is 75.0 cm³/mol. The molecule has 2 bridgehead atoms. The lowest BCUT2D eigenvalue weighted by Gasteiger charge is -2.45. The van der Waals surface area contributed by atoms with Crippen LogP contribution >= 0.6 is 0 Å². The van der Waals surface area contributed by atoms with E-state index in [1.165, 1.54) is 4.90 Å². The van der Waals surface area contributed by atoms with Gasteiger partial charge >= 0.3 is 12.0 Å². The number of nitrogens with one attached hydrogen (secondary N) is 1. The molecule has 0 saturated carbocycles. The highest BCUT2D eigenvalue weighted by Gasteiger charge is 2.42. The first-order valence-electron chi connectivity index (χ1n) is 7.63. The van der Waals surface area contributed by atoms with Crippen LogP contribution in [0, 0.1) is 5.92 Å². The molecule has 3 atom stereocenters. The van der Waals surface area contributed by atoms with Crippen molar-refractivity contribution >= 4 is 12.0 Å². The maximum Gasteiger partial charge on any atom is 0.326 e. The largest absolute Gasteiger partial charge is 0.480 e. The number of aliphatic carboxylic acids is 1. The lowest BCUT2D eigenvalue weighted by atomic mass is 9.84. The summed E-state index contributed by atoms with van der Waals surface area (Å²) in [6.45, 7) is 3.46. The van der Waals surface area contributed by atoms with Gasteiger partial charge in [0.25, 0.3) is 0 Å². The van der Waals surface area contributed by atoms with E-state index >= 15 is 0 Å². The van der Waals surface area contributed by atoms with Gasteiger partial charge in [0, 0.05) is 32.7 Å². The SMILES string of the molecule is COC1CC(C(=O)O)N(C(=O)NC2CN3CCC2CC3)C1. The first kappa shape index (κ1) is 14.6. The third-order valence-electron chi connectivity index (χ3n) is 5.11. The van der Waals surface area contributed by atoms with Gasteiger partial charge in [-0.1, -0.05) is 0 Å². The normalized spacial score (nSPS) is 38.5. The Morgan fingerprint density at radius 1 is 1.24 bits per heavy atom. The smallest absolute Gasteiger partial charge is 0.326 e. The van der Waals surface area contributed by atoms with Crippen LogP contribution in [0.5, 0.6) is 0 Å². The Bertz CT molecular complexity index is 422. The van der Waals surface area contributed by atoms with E-state index in [9.17, 15) is 14.7 Å². The van der Waals surface area contributed by atoms with Gasteiger partial charge in [-0.2, -0.15) is 0 Å². The molecule has 4 aliphatic heterocycles. The van der Waals surface area contributed by atoms with Gasteiger partial charge in [0.1, 0.15) is 6.04 Å². The van der Waals surface area contributed by atoms with E-state index in [0.717, 1.165) is 32.5 Å². The van der Waals surface area contributed by atoms with Crippen LogP contribution in [0.25, 0.3) is 0 Å². The molecule has 4 saturated heterocycles. The highest BCUT2D eigenvalue weighted by Crippen LogP contribution is 2.28. The summed E-state index contributed by atoms with van der Waals surface area (Å²) in [4.78, 5) is 27.5. The molecule has 118 valence electrons. The number of fused-ring (bicyclic) bond motifs is 3. The van der Waals surface area contributed by atoms with Crippen molar-refractivity contribution in [1.29, 1.82) is 0 Å². The Kier molecular flexibility index (Phi) is 4.03. The molecule has 3 unspecified atom stereocenters. The molecular formula is C14H23N3O4. The Morgan fingerprint density at radius 2 is 1.95 bits per heavy atom. The lowest BCUT2D eigenvalue weighted by Crippen LogP contribution is -2.59. The topological polar surface area (TPSA) is 82.1 Å². The number of hydrogen-bond acceptors (Lipinski definition) is 4. The van der Waals surface area contributed by atoms with Crippen molar-refractivity contribution in [3.05, 3.63) is 0 Å². The third-order valence-corrected chi connectivity index (χ3v) is 5.11. The zero-order valence-corrected chi connectivity index (χ0v) is 12.3. The molecule has 7 nitrogen and oxygen atoms in total. The summed E-state index contributed by atoms with van der Waals surface area (Å²) in [6.07, 6.45) is 2.41. The summed E-state index contributed by atoms with van der Waals surface area (Å²) in [6, 6.07) is -0.896. The van der Waals surface area contributed by atoms with Crippen LogP contribution < -0.4 is 5.32 Å². The number of methoxy groups -OCH3 is 1. The molecule has 0 spiro atoms. The van der Waals surface area contributed by atoms with Crippen LogP contribution in [0.4, 0.5) is 4.79 Å². The third kappa shape index (κ3) is 2.85. The van der Waals surface area contributed by atoms with E-state index < -0.39 is 12.0 Å². The number of likely N-dealkylation sites (tertiary alicyclic amines) is 1. The summed E-state index contributed by atoms with van der Waals surface area (Å²) >= 11 is 0. The minimum atomic E-state index is -0.960. The molecule has 2 amide bonds. The van der Waals surface area contributed by atoms with Crippen LogP contribution in [0.3, 0.4) is 0 Å². The van der Waals surface area contributed by atoms with Crippen molar-refractivity contribution in [3.63, 3.8) is 0 Å². The number of carboxylic acid groups (broad SMARTS) is 1. The fourth-order valence-electron chi connectivity index (χ4n) is 3.80. The summed E-state index contributed by atoms with van der Waals surface area (Å²) < 4.78 is 5.22. The average Bonchev–Trinajstić information content (AvgIpc) is 2.93. The number of amides is 2. The maximum absolute atomic E-state index is 12.4. The summed E-state index contributed by atoms with van der Waals surface area (Å²) in [5, 5.41) is 12.3. The summed E-state index contributed by atoms with van der Waals surface area (Å²) in [7, 11) is 1.55. The van der Waals surface area contributed by atoms with Gasteiger partial charge in [-0.25, -0.2) is 9.59 Å². The summed E-state index contributed by atoms with van der Waals surface area (Å²) in [5.41, 5.74) is 0. The van der Waals surface area contributed by atoms with Crippen molar-refractivity contribution in [2.24, 2.45) is 5.92 Å². The van der Waals surface area contributed by atoms with Gasteiger partial charge in [0.05, 0.1) is 6.10 Å². The van der Waals surface area contributed by atoms with E-state index in [1.54, 1.807) is 7.11 Å². The Balaban J connectivity index is 1.63. The van der Waals surface area contributed by atoms with Gasteiger partial charge in [-0.3, -0.25) is 0 Å². The predicted octanol–water partition coefficient (Wildman–Crippen LogP) is -0.0359. The zero-order chi connectivity index (χ0) is 15.0. The molecule has 0 aromatic heterocycles. The van der Waals surface area contributed by atoms with E-state index in [4.69, 9.17) is 4.74 Å². The average molecular weight is 297 g/mol. The van der Waals surface area contributed by atoms with Gasteiger partial charge in [0.15, 0.2) is 0 Å². The fourth-order valence-corrected chi connectivity index (χ4v) is 3.80. The molecular weight excluding hydrogens is 274 g/mol. The second kappa shape index (κ2) is 5.81. The second-order valence-corrected chi connectivity index (χ2v) is 6.29. The first-order valence-corrected chi connectivity index (χ1v) is 7.63. The van der Waals surface area contributed by atoms with Crippen LogP contribution in [0.1, 0.15) is 19.3 Å². The monoisotopic (exact) mass is 297 g/mol. The van der Waals surface area contributed by atoms with E-state index in [0.29, 0.717) is 18.9 Å². The van der Waals surface area contributed by atoms with Crippen molar-refractivity contribution < 1.29 is 19.4 Å². The number of rotatable bonds is 3. The lowest BCUT2D eigenvalue weighted by molar-refractivity contribution is -0.141. The minimum absolute atomic E-state index is 0.149. The molecule has 21 heavy (non-hydrogen) atoms. The Morgan fingerprint density at radius 3 is 2.48 bits per heavy atom. The van der Waals surface area contributed by atoms with E-state index in [2.05, 4.69) is 10.2 Å². The number of hydrogen-bond donors (Lipinski definition) is 2. The van der Waals surface area contributed by atoms with Crippen molar-refractivity contribution in [3.8, 4) is 0 Å². The standard InChI is InChI=1S/C14H23N3O4/c1-21-10-6-12(13(18)19)17(7-10)14(20)15-11-8-16-4-2-9(11)3-5-16/h9-12H,2-8H2,1H3,(H,15,20)(H,18,19). The minimum Gasteiger partial charge on any atom is -0.480 e. The van der Waals surface area contributed by atoms with Gasteiger partial charge in [-0.05, 0) is 31.8 Å². The molecule has 4 fully saturated rings. The van der Waals surface area contributed by atoms with Crippen molar-refractivity contribution in [2.75, 3.05) is 33.3 Å². The zero-order valence-electron chi connectivity index (χ0n) is 12.3. The first-order chi connectivity index (χ1) is 10.1. The molecule has 7 heteroatoms. The fraction of sp³-hybridized carbons (Fsp3) is 0.857. The van der Waals surface area contributed by atoms with Gasteiger partial charge in [0.2, 0.25) is 0 Å². The Hall–Kier alpha value is -1.34. The van der Waals surface area contributed by atoms with Crippen molar-refractivity contribution in [2.45, 2.75) is 37.5 Å². The molecule has 4 heterocycles. The molecule has 4 aliphatic rings. The van der Waals surface area contributed by atoms with Crippen LogP contribution in [0.2, 0.25) is 0 Å². The number of ether oxygens (including phenoxy) is 1.